The van der Waals surface area contributed by atoms with Gasteiger partial charge in [0.1, 0.15) is 0 Å². The molecule has 0 radical (unpaired) electrons. The van der Waals surface area contributed by atoms with E-state index in [2.05, 4.69) is 9.17 Å². The Labute approximate surface area is 104 Å². The van der Waals surface area contributed by atoms with E-state index in [1.807, 2.05) is 31.2 Å². The molecule has 18 heavy (non-hydrogen) atoms. The normalized spacial score (nSPS) is 11.2. The van der Waals surface area contributed by atoms with Crippen LogP contribution in [0.25, 0.3) is 11.1 Å². The topological polar surface area (TPSA) is 56.3 Å². The number of hydrogen-bond acceptors (Lipinski definition) is 4. The van der Waals surface area contributed by atoms with Crippen molar-refractivity contribution in [3.8, 4) is 16.9 Å². The first kappa shape index (κ1) is 12.5. The van der Waals surface area contributed by atoms with Crippen LogP contribution >= 0.6 is 0 Å². The van der Waals surface area contributed by atoms with E-state index in [0.717, 1.165) is 17.3 Å². The molecule has 0 spiro atoms. The second kappa shape index (κ2) is 4.73. The van der Waals surface area contributed by atoms with E-state index in [9.17, 15) is 12.3 Å². The summed E-state index contributed by atoms with van der Waals surface area (Å²) in [4.78, 5) is 3.81. The predicted octanol–water partition coefficient (Wildman–Crippen LogP) is 2.65. The molecule has 0 fully saturated rings. The van der Waals surface area contributed by atoms with Gasteiger partial charge in [0.2, 0.25) is 0 Å². The van der Waals surface area contributed by atoms with Gasteiger partial charge in [-0.1, -0.05) is 33.7 Å². The Bertz CT molecular complexity index is 653. The molecular weight excluding hydrogens is 257 g/mol. The third-order valence-corrected chi connectivity index (χ3v) is 2.69. The molecule has 2 aromatic rings. The molecule has 1 aromatic carbocycles. The number of rotatable bonds is 3. The van der Waals surface area contributed by atoms with Crippen LogP contribution in [0.1, 0.15) is 5.56 Å². The Hall–Kier alpha value is -1.95. The van der Waals surface area contributed by atoms with Crippen molar-refractivity contribution < 1.29 is 16.5 Å². The van der Waals surface area contributed by atoms with Gasteiger partial charge in [-0.2, -0.15) is 8.42 Å². The van der Waals surface area contributed by atoms with Crippen LogP contribution in [0.5, 0.6) is 5.75 Å². The summed E-state index contributed by atoms with van der Waals surface area (Å²) in [6.07, 6.45) is 2.68. The summed E-state index contributed by atoms with van der Waals surface area (Å²) in [5.74, 6) is -0.157. The summed E-state index contributed by atoms with van der Waals surface area (Å²) in [6, 6.07) is 8.96. The van der Waals surface area contributed by atoms with E-state index in [1.54, 1.807) is 6.20 Å². The second-order valence-corrected chi connectivity index (χ2v) is 4.70. The molecule has 2 rings (SSSR count). The van der Waals surface area contributed by atoms with Crippen molar-refractivity contribution >= 4 is 10.5 Å². The Morgan fingerprint density at radius 2 is 1.78 bits per heavy atom. The van der Waals surface area contributed by atoms with Crippen molar-refractivity contribution in [3.63, 3.8) is 0 Å². The Morgan fingerprint density at radius 3 is 2.39 bits per heavy atom. The molecule has 0 bridgehead atoms. The van der Waals surface area contributed by atoms with Gasteiger partial charge in [0, 0.05) is 11.8 Å². The van der Waals surface area contributed by atoms with Gasteiger partial charge in [-0.25, -0.2) is 0 Å². The summed E-state index contributed by atoms with van der Waals surface area (Å²) in [7, 11) is -5.02. The number of aromatic nitrogens is 1. The van der Waals surface area contributed by atoms with Crippen LogP contribution in [0.4, 0.5) is 3.89 Å². The number of hydrogen-bond donors (Lipinski definition) is 0. The third kappa shape index (κ3) is 3.27. The first-order chi connectivity index (χ1) is 8.44. The molecule has 0 saturated heterocycles. The van der Waals surface area contributed by atoms with Crippen molar-refractivity contribution in [3.05, 3.63) is 48.3 Å². The van der Waals surface area contributed by atoms with Gasteiger partial charge >= 0.3 is 10.5 Å². The Kier molecular flexibility index (Phi) is 3.29. The summed E-state index contributed by atoms with van der Waals surface area (Å²) in [6.45, 7) is 1.96. The first-order valence-corrected chi connectivity index (χ1v) is 6.41. The summed E-state index contributed by atoms with van der Waals surface area (Å²) >= 11 is 0. The highest BCUT2D eigenvalue weighted by Gasteiger charge is 2.10. The van der Waals surface area contributed by atoms with Crippen LogP contribution in [0.15, 0.2) is 42.7 Å². The van der Waals surface area contributed by atoms with Crippen LogP contribution in [-0.2, 0) is 10.5 Å². The number of halogens is 1. The fourth-order valence-corrected chi connectivity index (χ4v) is 1.80. The lowest BCUT2D eigenvalue weighted by atomic mass is 10.1. The maximum Gasteiger partial charge on any atom is 0.488 e. The lowest BCUT2D eigenvalue weighted by Crippen LogP contribution is -2.01. The maximum absolute atomic E-state index is 12.4. The lowest BCUT2D eigenvalue weighted by Gasteiger charge is -2.04. The highest BCUT2D eigenvalue weighted by atomic mass is 32.3. The largest absolute Gasteiger partial charge is 0.488 e. The molecule has 6 heteroatoms. The van der Waals surface area contributed by atoms with Gasteiger partial charge in [0.05, 0.1) is 6.20 Å². The average molecular weight is 267 g/mol. The molecular formula is C12H10FNO3S. The van der Waals surface area contributed by atoms with Crippen LogP contribution in [0.3, 0.4) is 0 Å². The molecule has 0 aliphatic rings. The number of pyridine rings is 1. The fraction of sp³-hybridized carbons (Fsp3) is 0.0833. The third-order valence-electron chi connectivity index (χ3n) is 2.29. The Morgan fingerprint density at radius 1 is 1.11 bits per heavy atom. The first-order valence-electron chi connectivity index (χ1n) is 5.10. The molecule has 0 amide bonds. The molecule has 1 heterocycles. The van der Waals surface area contributed by atoms with Crippen LogP contribution < -0.4 is 4.18 Å². The quantitative estimate of drug-likeness (QED) is 0.802. The number of aryl methyl sites for hydroxylation is 1. The van der Waals surface area contributed by atoms with Gasteiger partial charge in [-0.3, -0.25) is 4.98 Å². The second-order valence-electron chi connectivity index (χ2n) is 3.75. The monoisotopic (exact) mass is 267 g/mol. The van der Waals surface area contributed by atoms with E-state index < -0.39 is 10.5 Å². The molecule has 0 aliphatic heterocycles. The van der Waals surface area contributed by atoms with Gasteiger partial charge in [-0.05, 0) is 18.6 Å². The molecule has 0 saturated carbocycles. The highest BCUT2D eigenvalue weighted by Crippen LogP contribution is 2.23. The van der Waals surface area contributed by atoms with Crippen molar-refractivity contribution in [2.24, 2.45) is 0 Å². The van der Waals surface area contributed by atoms with Gasteiger partial charge < -0.3 is 4.18 Å². The summed E-state index contributed by atoms with van der Waals surface area (Å²) < 4.78 is 37.3. The van der Waals surface area contributed by atoms with Crippen LogP contribution in [-0.4, -0.2) is 13.4 Å². The van der Waals surface area contributed by atoms with Gasteiger partial charge in [-0.15, -0.1) is 0 Å². The standard InChI is InChI=1S/C12H10FNO3S/c1-9-2-4-10(5-3-9)11-6-12(8-14-7-11)17-18(13,15)16/h2-8H,1H3. The molecule has 0 atom stereocenters. The van der Waals surface area contributed by atoms with E-state index in [0.29, 0.717) is 5.56 Å². The number of benzene rings is 1. The molecule has 94 valence electrons. The average Bonchev–Trinajstić information content (AvgIpc) is 2.28. The van der Waals surface area contributed by atoms with Crippen molar-refractivity contribution in [1.29, 1.82) is 0 Å². The zero-order valence-corrected chi connectivity index (χ0v) is 10.3. The smallest absolute Gasteiger partial charge is 0.357 e. The molecule has 0 unspecified atom stereocenters. The van der Waals surface area contributed by atoms with E-state index in [1.165, 1.54) is 6.07 Å². The van der Waals surface area contributed by atoms with Crippen molar-refractivity contribution in [2.75, 3.05) is 0 Å². The highest BCUT2D eigenvalue weighted by molar-refractivity contribution is 7.81. The Balaban J connectivity index is 2.35. The SMILES string of the molecule is Cc1ccc(-c2cncc(OS(=O)(=O)F)c2)cc1. The van der Waals surface area contributed by atoms with E-state index in [4.69, 9.17) is 0 Å². The van der Waals surface area contributed by atoms with Crippen LogP contribution in [0.2, 0.25) is 0 Å². The van der Waals surface area contributed by atoms with E-state index in [-0.39, 0.29) is 5.75 Å². The van der Waals surface area contributed by atoms with Gasteiger partial charge in [0.25, 0.3) is 0 Å². The number of nitrogens with zero attached hydrogens (tertiary/aromatic N) is 1. The fourth-order valence-electron chi connectivity index (χ4n) is 1.48. The minimum absolute atomic E-state index is 0.157. The van der Waals surface area contributed by atoms with Crippen LogP contribution in [0, 0.1) is 6.92 Å². The predicted molar refractivity (Wildman–Crippen MR) is 65.1 cm³/mol. The summed E-state index contributed by atoms with van der Waals surface area (Å²) in [5.41, 5.74) is 2.59. The maximum atomic E-state index is 12.4. The minimum Gasteiger partial charge on any atom is -0.357 e. The van der Waals surface area contributed by atoms with E-state index >= 15 is 0 Å². The molecule has 0 aliphatic carbocycles. The lowest BCUT2D eigenvalue weighted by molar-refractivity contribution is 0.439. The molecule has 0 N–H and O–H groups in total. The summed E-state index contributed by atoms with van der Waals surface area (Å²) in [5, 5.41) is 0. The van der Waals surface area contributed by atoms with Gasteiger partial charge in [0.15, 0.2) is 5.75 Å². The molecule has 1 aromatic heterocycles. The van der Waals surface area contributed by atoms with Crippen molar-refractivity contribution in [1.82, 2.24) is 4.98 Å². The zero-order valence-electron chi connectivity index (χ0n) is 9.50. The van der Waals surface area contributed by atoms with Crippen molar-refractivity contribution in [2.45, 2.75) is 6.92 Å². The zero-order chi connectivity index (χ0) is 13.2. The minimum atomic E-state index is -5.02. The molecule has 4 nitrogen and oxygen atoms in total.